The molecule has 0 amide bonds. The number of fused-ring (bicyclic) bond motifs is 6. The number of H-pyrrole nitrogens is 1. The number of nitriles is 2. The second-order valence-electron chi connectivity index (χ2n) is 6.64. The van der Waals surface area contributed by atoms with Gasteiger partial charge in [0.2, 0.25) is 0 Å². The summed E-state index contributed by atoms with van der Waals surface area (Å²) in [5.41, 5.74) is 3.01. The summed E-state index contributed by atoms with van der Waals surface area (Å²) in [6.07, 6.45) is 0. The molecule has 29 heavy (non-hydrogen) atoms. The standard InChI is InChI=1S/C23H10ClIN4/c24-14-4-6-16-18(8-14)19-9-15(25)5-7-17(19)22-21(16)28-23(29-22)20-12(10-26)2-1-3-13(20)11-27/h1-9H,(H,28,29). The summed E-state index contributed by atoms with van der Waals surface area (Å²) >= 11 is 8.58. The predicted molar refractivity (Wildman–Crippen MR) is 124 cm³/mol. The Morgan fingerprint density at radius 2 is 1.55 bits per heavy atom. The van der Waals surface area contributed by atoms with E-state index in [1.54, 1.807) is 18.2 Å². The van der Waals surface area contributed by atoms with E-state index in [0.29, 0.717) is 27.5 Å². The largest absolute Gasteiger partial charge is 0.337 e. The van der Waals surface area contributed by atoms with E-state index < -0.39 is 0 Å². The molecule has 0 unspecified atom stereocenters. The van der Waals surface area contributed by atoms with Crippen LogP contribution in [0.1, 0.15) is 11.1 Å². The third kappa shape index (κ3) is 2.74. The number of aromatic amines is 1. The molecule has 0 aliphatic carbocycles. The normalized spacial score (nSPS) is 11.0. The molecule has 5 rings (SSSR count). The molecule has 0 bridgehead atoms. The Kier molecular flexibility index (Phi) is 4.16. The Morgan fingerprint density at radius 1 is 0.862 bits per heavy atom. The number of rotatable bonds is 1. The molecule has 4 nitrogen and oxygen atoms in total. The van der Waals surface area contributed by atoms with Gasteiger partial charge in [0.25, 0.3) is 0 Å². The lowest BCUT2D eigenvalue weighted by molar-refractivity contribution is 1.31. The maximum atomic E-state index is 9.56. The summed E-state index contributed by atoms with van der Waals surface area (Å²) in [5.74, 6) is 0.510. The van der Waals surface area contributed by atoms with E-state index in [4.69, 9.17) is 16.6 Å². The lowest BCUT2D eigenvalue weighted by Gasteiger charge is -2.07. The molecular formula is C23H10ClIN4. The zero-order valence-electron chi connectivity index (χ0n) is 14.8. The summed E-state index contributed by atoms with van der Waals surface area (Å²) in [6, 6.07) is 21.4. The predicted octanol–water partition coefficient (Wildman–Crippen LogP) is 6.54. The van der Waals surface area contributed by atoms with Crippen molar-refractivity contribution in [2.75, 3.05) is 0 Å². The Hall–Kier alpha value is -3.13. The Balaban J connectivity index is 1.98. The number of nitrogens with one attached hydrogen (secondary N) is 1. The van der Waals surface area contributed by atoms with Gasteiger partial charge in [0.15, 0.2) is 0 Å². The van der Waals surface area contributed by atoms with Crippen molar-refractivity contribution in [1.29, 1.82) is 10.5 Å². The van der Waals surface area contributed by atoms with Crippen LogP contribution in [0.15, 0.2) is 54.6 Å². The van der Waals surface area contributed by atoms with Gasteiger partial charge >= 0.3 is 0 Å². The molecule has 136 valence electrons. The van der Waals surface area contributed by atoms with Crippen LogP contribution >= 0.6 is 34.2 Å². The molecule has 0 atom stereocenters. The van der Waals surface area contributed by atoms with Crippen LogP contribution in [-0.4, -0.2) is 9.97 Å². The highest BCUT2D eigenvalue weighted by atomic mass is 127. The van der Waals surface area contributed by atoms with Crippen molar-refractivity contribution in [3.05, 3.63) is 74.3 Å². The van der Waals surface area contributed by atoms with E-state index in [9.17, 15) is 10.5 Å². The maximum Gasteiger partial charge on any atom is 0.141 e. The van der Waals surface area contributed by atoms with E-state index in [1.165, 1.54) is 0 Å². The highest BCUT2D eigenvalue weighted by Crippen LogP contribution is 2.38. The van der Waals surface area contributed by atoms with Crippen molar-refractivity contribution in [3.8, 4) is 23.5 Å². The van der Waals surface area contributed by atoms with Gasteiger partial charge in [-0.2, -0.15) is 10.5 Å². The summed E-state index contributed by atoms with van der Waals surface area (Å²) in [6.45, 7) is 0. The lowest BCUT2D eigenvalue weighted by Crippen LogP contribution is -1.91. The molecular weight excluding hydrogens is 495 g/mol. The number of aromatic nitrogens is 2. The quantitative estimate of drug-likeness (QED) is 0.208. The number of benzene rings is 4. The van der Waals surface area contributed by atoms with Gasteiger partial charge in [-0.05, 0) is 69.8 Å². The molecule has 0 spiro atoms. The molecule has 0 fully saturated rings. The van der Waals surface area contributed by atoms with Crippen LogP contribution < -0.4 is 0 Å². The first-order valence-corrected chi connectivity index (χ1v) is 10.2. The lowest BCUT2D eigenvalue weighted by atomic mass is 10.00. The van der Waals surface area contributed by atoms with Crippen molar-refractivity contribution in [3.63, 3.8) is 0 Å². The molecule has 0 saturated heterocycles. The molecule has 4 aromatic carbocycles. The van der Waals surface area contributed by atoms with Crippen molar-refractivity contribution in [1.82, 2.24) is 9.97 Å². The van der Waals surface area contributed by atoms with Crippen LogP contribution in [0.4, 0.5) is 0 Å². The van der Waals surface area contributed by atoms with Crippen LogP contribution in [0.25, 0.3) is 44.0 Å². The number of imidazole rings is 1. The van der Waals surface area contributed by atoms with Crippen molar-refractivity contribution in [2.24, 2.45) is 0 Å². The number of hydrogen-bond acceptors (Lipinski definition) is 3. The molecule has 5 aromatic rings. The van der Waals surface area contributed by atoms with Gasteiger partial charge in [-0.15, -0.1) is 0 Å². The van der Waals surface area contributed by atoms with Crippen molar-refractivity contribution < 1.29 is 0 Å². The van der Waals surface area contributed by atoms with Crippen molar-refractivity contribution in [2.45, 2.75) is 0 Å². The van der Waals surface area contributed by atoms with Crippen LogP contribution in [-0.2, 0) is 0 Å². The molecule has 1 N–H and O–H groups in total. The van der Waals surface area contributed by atoms with Gasteiger partial charge in [-0.3, -0.25) is 0 Å². The van der Waals surface area contributed by atoms with Crippen LogP contribution in [0, 0.1) is 26.2 Å². The third-order valence-electron chi connectivity index (χ3n) is 5.02. The summed E-state index contributed by atoms with van der Waals surface area (Å²) in [7, 11) is 0. The zero-order chi connectivity index (χ0) is 20.1. The molecule has 0 saturated carbocycles. The van der Waals surface area contributed by atoms with Gasteiger partial charge in [-0.25, -0.2) is 4.98 Å². The molecule has 0 aliphatic heterocycles. The number of nitrogens with zero attached hydrogens (tertiary/aromatic N) is 3. The smallest absolute Gasteiger partial charge is 0.141 e. The van der Waals surface area contributed by atoms with E-state index in [-0.39, 0.29) is 0 Å². The van der Waals surface area contributed by atoms with Crippen LogP contribution in [0.5, 0.6) is 0 Å². The summed E-state index contributed by atoms with van der Waals surface area (Å²) in [5, 5.41) is 23.9. The minimum Gasteiger partial charge on any atom is -0.337 e. The van der Waals surface area contributed by atoms with E-state index in [1.807, 2.05) is 30.3 Å². The van der Waals surface area contributed by atoms with Crippen LogP contribution in [0.2, 0.25) is 5.02 Å². The third-order valence-corrected chi connectivity index (χ3v) is 5.93. The van der Waals surface area contributed by atoms with E-state index in [0.717, 1.165) is 36.1 Å². The average molecular weight is 505 g/mol. The Bertz CT molecular complexity index is 1440. The first-order chi connectivity index (χ1) is 14.1. The van der Waals surface area contributed by atoms with Gasteiger partial charge in [0, 0.05) is 19.4 Å². The van der Waals surface area contributed by atoms with Crippen molar-refractivity contribution >= 4 is 66.8 Å². The van der Waals surface area contributed by atoms with Gasteiger partial charge < -0.3 is 4.98 Å². The number of halogens is 2. The zero-order valence-corrected chi connectivity index (χ0v) is 17.7. The van der Waals surface area contributed by atoms with E-state index in [2.05, 4.69) is 45.8 Å². The Morgan fingerprint density at radius 3 is 2.28 bits per heavy atom. The molecule has 0 radical (unpaired) electrons. The first-order valence-electron chi connectivity index (χ1n) is 8.74. The fourth-order valence-corrected chi connectivity index (χ4v) is 4.44. The average Bonchev–Trinajstić information content (AvgIpc) is 3.18. The number of hydrogen-bond donors (Lipinski definition) is 1. The monoisotopic (exact) mass is 504 g/mol. The minimum absolute atomic E-state index is 0.411. The van der Waals surface area contributed by atoms with Gasteiger partial charge in [-0.1, -0.05) is 29.8 Å². The summed E-state index contributed by atoms with van der Waals surface area (Å²) in [4.78, 5) is 8.21. The minimum atomic E-state index is 0.411. The Labute approximate surface area is 184 Å². The highest BCUT2D eigenvalue weighted by molar-refractivity contribution is 14.1. The second-order valence-corrected chi connectivity index (χ2v) is 8.32. The first kappa shape index (κ1) is 17.9. The fourth-order valence-electron chi connectivity index (χ4n) is 3.78. The van der Waals surface area contributed by atoms with Gasteiger partial charge in [0.05, 0.1) is 39.9 Å². The second kappa shape index (κ2) is 6.73. The van der Waals surface area contributed by atoms with Crippen LogP contribution in [0.3, 0.4) is 0 Å². The molecule has 1 heterocycles. The molecule has 0 aliphatic rings. The molecule has 6 heteroatoms. The van der Waals surface area contributed by atoms with Gasteiger partial charge in [0.1, 0.15) is 5.82 Å². The summed E-state index contributed by atoms with van der Waals surface area (Å²) < 4.78 is 1.12. The van der Waals surface area contributed by atoms with E-state index >= 15 is 0 Å². The molecule has 1 aromatic heterocycles. The fraction of sp³-hybridized carbons (Fsp3) is 0. The SMILES string of the molecule is N#Cc1cccc(C#N)c1-c1nc2c3ccc(I)cc3c3cc(Cl)ccc3c2[nH]1. The topological polar surface area (TPSA) is 76.3 Å². The maximum absolute atomic E-state index is 9.56. The highest BCUT2D eigenvalue weighted by Gasteiger charge is 2.18.